The quantitative estimate of drug-likeness (QED) is 0.301. The molecule has 1 saturated carbocycles. The minimum atomic E-state index is -0.141. The van der Waals surface area contributed by atoms with Gasteiger partial charge in [-0.25, -0.2) is 9.67 Å². The molecule has 2 N–H and O–H groups in total. The van der Waals surface area contributed by atoms with Crippen LogP contribution in [0, 0.1) is 23.7 Å². The van der Waals surface area contributed by atoms with E-state index in [1.165, 1.54) is 4.90 Å². The van der Waals surface area contributed by atoms with Crippen molar-refractivity contribution < 1.29 is 9.59 Å². The Morgan fingerprint density at radius 3 is 2.53 bits per heavy atom. The zero-order valence-corrected chi connectivity index (χ0v) is 18.1. The van der Waals surface area contributed by atoms with Crippen molar-refractivity contribution in [1.82, 2.24) is 25.3 Å². The molecule has 1 aliphatic heterocycles. The normalized spacial score (nSPS) is 26.2. The van der Waals surface area contributed by atoms with E-state index >= 15 is 0 Å². The van der Waals surface area contributed by atoms with Gasteiger partial charge in [0.25, 0.3) is 0 Å². The highest BCUT2D eigenvalue weighted by Crippen LogP contribution is 2.52. The van der Waals surface area contributed by atoms with E-state index in [1.54, 1.807) is 6.20 Å². The summed E-state index contributed by atoms with van der Waals surface area (Å²) >= 11 is 0. The van der Waals surface area contributed by atoms with E-state index in [4.69, 9.17) is 4.99 Å². The molecule has 4 atom stereocenters. The SMILES string of the molecule is CCNC(=NCc1ccccc1-n1cccn1)NCCN1C(=O)C2C3C=CC(C3)C2C1=O. The van der Waals surface area contributed by atoms with Gasteiger partial charge in [0.15, 0.2) is 5.96 Å². The zero-order chi connectivity index (χ0) is 22.1. The molecular formula is C24H28N6O2. The Balaban J connectivity index is 1.21. The number of hydrogen-bond donors (Lipinski definition) is 2. The molecule has 2 bridgehead atoms. The lowest BCUT2D eigenvalue weighted by Gasteiger charge is -2.18. The Kier molecular flexibility index (Phi) is 5.51. The molecule has 8 nitrogen and oxygen atoms in total. The van der Waals surface area contributed by atoms with E-state index in [9.17, 15) is 9.59 Å². The number of aliphatic imine (C=N–C) groups is 1. The van der Waals surface area contributed by atoms with Crippen LogP contribution < -0.4 is 10.6 Å². The first-order valence-electron chi connectivity index (χ1n) is 11.3. The highest BCUT2D eigenvalue weighted by molar-refractivity contribution is 6.06. The lowest BCUT2D eigenvalue weighted by atomic mass is 9.85. The number of rotatable bonds is 7. The largest absolute Gasteiger partial charge is 0.357 e. The fourth-order valence-corrected chi connectivity index (χ4v) is 5.26. The summed E-state index contributed by atoms with van der Waals surface area (Å²) in [4.78, 5) is 31.8. The number of para-hydroxylation sites is 1. The van der Waals surface area contributed by atoms with Crippen molar-refractivity contribution >= 4 is 17.8 Å². The number of allylic oxidation sites excluding steroid dienone is 2. The van der Waals surface area contributed by atoms with Crippen LogP contribution in [0.1, 0.15) is 18.9 Å². The highest BCUT2D eigenvalue weighted by atomic mass is 16.2. The molecule has 2 amide bonds. The fraction of sp³-hybridized carbons (Fsp3) is 0.417. The second kappa shape index (κ2) is 8.61. The van der Waals surface area contributed by atoms with Crippen LogP contribution in [0.25, 0.3) is 5.69 Å². The van der Waals surface area contributed by atoms with Crippen molar-refractivity contribution in [2.45, 2.75) is 19.9 Å². The molecule has 5 rings (SSSR count). The molecule has 2 aromatic rings. The van der Waals surface area contributed by atoms with Gasteiger partial charge in [0, 0.05) is 32.0 Å². The average Bonchev–Trinajstić information content (AvgIpc) is 3.59. The smallest absolute Gasteiger partial charge is 0.233 e. The first-order chi connectivity index (χ1) is 15.7. The molecule has 2 fully saturated rings. The van der Waals surface area contributed by atoms with Crippen molar-refractivity contribution in [3.05, 3.63) is 60.4 Å². The van der Waals surface area contributed by atoms with Gasteiger partial charge >= 0.3 is 0 Å². The van der Waals surface area contributed by atoms with Crippen molar-refractivity contribution in [2.75, 3.05) is 19.6 Å². The number of carbonyl (C=O) groups excluding carboxylic acids is 2. The third-order valence-electron chi connectivity index (χ3n) is 6.68. The van der Waals surface area contributed by atoms with Crippen molar-refractivity contribution in [2.24, 2.45) is 28.7 Å². The van der Waals surface area contributed by atoms with Crippen LogP contribution in [0.5, 0.6) is 0 Å². The number of hydrogen-bond acceptors (Lipinski definition) is 4. The number of fused-ring (bicyclic) bond motifs is 5. The summed E-state index contributed by atoms with van der Waals surface area (Å²) in [6, 6.07) is 9.91. The van der Waals surface area contributed by atoms with E-state index in [0.29, 0.717) is 32.1 Å². The second-order valence-corrected chi connectivity index (χ2v) is 8.53. The van der Waals surface area contributed by atoms with Gasteiger partial charge in [-0.15, -0.1) is 0 Å². The Hall–Kier alpha value is -3.42. The summed E-state index contributed by atoms with van der Waals surface area (Å²) in [5.74, 6) is 0.851. The molecule has 32 heavy (non-hydrogen) atoms. The number of amides is 2. The van der Waals surface area contributed by atoms with Gasteiger partial charge in [-0.2, -0.15) is 5.10 Å². The van der Waals surface area contributed by atoms with E-state index in [0.717, 1.165) is 17.7 Å². The van der Waals surface area contributed by atoms with Crippen LogP contribution in [-0.4, -0.2) is 52.1 Å². The molecule has 2 heterocycles. The fourth-order valence-electron chi connectivity index (χ4n) is 5.26. The Bertz CT molecular complexity index is 1030. The summed E-state index contributed by atoms with van der Waals surface area (Å²) < 4.78 is 1.83. The van der Waals surface area contributed by atoms with Crippen LogP contribution in [0.15, 0.2) is 59.9 Å². The van der Waals surface area contributed by atoms with E-state index < -0.39 is 0 Å². The average molecular weight is 433 g/mol. The number of nitrogens with one attached hydrogen (secondary N) is 2. The summed E-state index contributed by atoms with van der Waals surface area (Å²) in [5.41, 5.74) is 2.04. The van der Waals surface area contributed by atoms with Gasteiger partial charge in [-0.3, -0.25) is 14.5 Å². The van der Waals surface area contributed by atoms with Crippen LogP contribution in [0.4, 0.5) is 0 Å². The second-order valence-electron chi connectivity index (χ2n) is 8.53. The number of guanidine groups is 1. The predicted octanol–water partition coefficient (Wildman–Crippen LogP) is 1.73. The monoisotopic (exact) mass is 432 g/mol. The van der Waals surface area contributed by atoms with Gasteiger partial charge in [0.05, 0.1) is 24.1 Å². The predicted molar refractivity (Wildman–Crippen MR) is 121 cm³/mol. The standard InChI is InChI=1S/C24H28N6O2/c1-2-25-24(27-15-18-6-3-4-7-19(18)30-12-5-10-28-30)26-11-13-29-22(31)20-16-8-9-17(14-16)21(20)23(29)32/h3-10,12,16-17,20-21H,2,11,13-15H2,1H3,(H2,25,26,27). The number of carbonyl (C=O) groups is 2. The third kappa shape index (κ3) is 3.59. The molecule has 3 aliphatic rings. The van der Waals surface area contributed by atoms with E-state index in [2.05, 4.69) is 27.9 Å². The van der Waals surface area contributed by atoms with E-state index in [-0.39, 0.29) is 35.5 Å². The lowest BCUT2D eigenvalue weighted by Crippen LogP contribution is -2.43. The minimum absolute atomic E-state index is 0.00580. The molecule has 1 aromatic carbocycles. The van der Waals surface area contributed by atoms with Gasteiger partial charge in [0.2, 0.25) is 11.8 Å². The maximum absolute atomic E-state index is 12.8. The molecule has 0 radical (unpaired) electrons. The molecule has 1 saturated heterocycles. The summed E-state index contributed by atoms with van der Waals surface area (Å²) in [7, 11) is 0. The lowest BCUT2D eigenvalue weighted by molar-refractivity contribution is -0.140. The maximum atomic E-state index is 12.8. The molecule has 4 unspecified atom stereocenters. The molecular weight excluding hydrogens is 404 g/mol. The summed E-state index contributed by atoms with van der Waals surface area (Å²) in [6.07, 6.45) is 8.86. The zero-order valence-electron chi connectivity index (χ0n) is 18.1. The van der Waals surface area contributed by atoms with Crippen LogP contribution in [0.3, 0.4) is 0 Å². The molecule has 8 heteroatoms. The van der Waals surface area contributed by atoms with Crippen LogP contribution in [-0.2, 0) is 16.1 Å². The number of benzene rings is 1. The van der Waals surface area contributed by atoms with Crippen molar-refractivity contribution in [3.63, 3.8) is 0 Å². The van der Waals surface area contributed by atoms with Crippen molar-refractivity contribution in [3.8, 4) is 5.69 Å². The summed E-state index contributed by atoms with van der Waals surface area (Å²) in [6.45, 7) is 4.02. The third-order valence-corrected chi connectivity index (χ3v) is 6.68. The van der Waals surface area contributed by atoms with Crippen LogP contribution in [0.2, 0.25) is 0 Å². The Morgan fingerprint density at radius 1 is 1.09 bits per heavy atom. The van der Waals surface area contributed by atoms with Gasteiger partial charge in [-0.05, 0) is 42.9 Å². The molecule has 166 valence electrons. The number of likely N-dealkylation sites (tertiary alicyclic amines) is 1. The molecule has 0 spiro atoms. The van der Waals surface area contributed by atoms with E-state index in [1.807, 2.05) is 48.1 Å². The minimum Gasteiger partial charge on any atom is -0.357 e. The van der Waals surface area contributed by atoms with Crippen molar-refractivity contribution in [1.29, 1.82) is 0 Å². The number of aromatic nitrogens is 2. The molecule has 2 aliphatic carbocycles. The number of nitrogens with zero attached hydrogens (tertiary/aromatic N) is 4. The first-order valence-corrected chi connectivity index (χ1v) is 11.3. The highest BCUT2D eigenvalue weighted by Gasteiger charge is 2.58. The Labute approximate surface area is 187 Å². The van der Waals surface area contributed by atoms with Gasteiger partial charge < -0.3 is 10.6 Å². The Morgan fingerprint density at radius 2 is 1.84 bits per heavy atom. The van der Waals surface area contributed by atoms with Gasteiger partial charge in [0.1, 0.15) is 0 Å². The number of imide groups is 1. The topological polar surface area (TPSA) is 91.6 Å². The summed E-state index contributed by atoms with van der Waals surface area (Å²) in [5, 5.41) is 10.8. The first kappa shape index (κ1) is 20.5. The van der Waals surface area contributed by atoms with Crippen LogP contribution >= 0.6 is 0 Å². The maximum Gasteiger partial charge on any atom is 0.233 e. The van der Waals surface area contributed by atoms with Gasteiger partial charge in [-0.1, -0.05) is 30.4 Å². The molecule has 1 aromatic heterocycles.